The number of aliphatic hydroxyl groups excluding tert-OH is 1. The van der Waals surface area contributed by atoms with Crippen LogP contribution in [0.2, 0.25) is 0 Å². The van der Waals surface area contributed by atoms with E-state index in [1.54, 1.807) is 12.1 Å². The molecule has 0 unspecified atom stereocenters. The highest BCUT2D eigenvalue weighted by Crippen LogP contribution is 2.27. The summed E-state index contributed by atoms with van der Waals surface area (Å²) in [5.41, 5.74) is 3.81. The van der Waals surface area contributed by atoms with E-state index in [1.165, 1.54) is 12.1 Å². The van der Waals surface area contributed by atoms with Gasteiger partial charge in [-0.25, -0.2) is 0 Å². The lowest BCUT2D eigenvalue weighted by molar-refractivity contribution is -0.274. The molecule has 0 radical (unpaired) electrons. The van der Waals surface area contributed by atoms with Crippen molar-refractivity contribution in [3.63, 3.8) is 0 Å². The van der Waals surface area contributed by atoms with Gasteiger partial charge in [0.25, 0.3) is 0 Å². The molecule has 0 saturated heterocycles. The zero-order chi connectivity index (χ0) is 15.5. The fourth-order valence-electron chi connectivity index (χ4n) is 2.13. The third-order valence-electron chi connectivity index (χ3n) is 3.14. The first-order valence-corrected chi connectivity index (χ1v) is 6.45. The molecule has 112 valence electrons. The number of aliphatic hydroxyl groups is 1. The van der Waals surface area contributed by atoms with E-state index in [4.69, 9.17) is 5.11 Å². The van der Waals surface area contributed by atoms with Gasteiger partial charge in [0, 0.05) is 6.61 Å². The zero-order valence-electron chi connectivity index (χ0n) is 11.4. The second kappa shape index (κ2) is 6.18. The van der Waals surface area contributed by atoms with Crippen molar-refractivity contribution >= 4 is 0 Å². The summed E-state index contributed by atoms with van der Waals surface area (Å²) >= 11 is 0. The summed E-state index contributed by atoms with van der Waals surface area (Å²) in [6.07, 6.45) is -4.09. The molecule has 0 amide bonds. The van der Waals surface area contributed by atoms with Crippen molar-refractivity contribution < 1.29 is 23.0 Å². The Balaban J connectivity index is 2.21. The minimum Gasteiger partial charge on any atom is -0.406 e. The van der Waals surface area contributed by atoms with Crippen LogP contribution in [0.5, 0.6) is 5.75 Å². The van der Waals surface area contributed by atoms with Crippen LogP contribution in [0.1, 0.15) is 11.1 Å². The number of aryl methyl sites for hydroxylation is 1. The summed E-state index contributed by atoms with van der Waals surface area (Å²) < 4.78 is 40.1. The highest BCUT2D eigenvalue weighted by Gasteiger charge is 2.30. The molecule has 0 aliphatic carbocycles. The fraction of sp³-hybridized carbons (Fsp3) is 0.250. The van der Waals surface area contributed by atoms with Gasteiger partial charge in [-0.15, -0.1) is 13.2 Å². The first kappa shape index (κ1) is 15.4. The van der Waals surface area contributed by atoms with Gasteiger partial charge < -0.3 is 9.84 Å². The maximum atomic E-state index is 12.1. The molecule has 0 heterocycles. The van der Waals surface area contributed by atoms with Gasteiger partial charge in [0.15, 0.2) is 0 Å². The van der Waals surface area contributed by atoms with Crippen LogP contribution in [0, 0.1) is 6.92 Å². The van der Waals surface area contributed by atoms with E-state index in [2.05, 4.69) is 4.74 Å². The van der Waals surface area contributed by atoms with Crippen LogP contribution in [0.4, 0.5) is 13.2 Å². The van der Waals surface area contributed by atoms with Gasteiger partial charge in [-0.05, 0) is 47.7 Å². The van der Waals surface area contributed by atoms with Crippen LogP contribution >= 0.6 is 0 Å². The van der Waals surface area contributed by atoms with E-state index in [9.17, 15) is 13.2 Å². The normalized spacial score (nSPS) is 11.5. The molecule has 0 aromatic heterocycles. The van der Waals surface area contributed by atoms with Gasteiger partial charge in [0.05, 0.1) is 0 Å². The molecule has 0 fully saturated rings. The Morgan fingerprint density at radius 3 is 2.14 bits per heavy atom. The molecule has 2 nitrogen and oxygen atoms in total. The van der Waals surface area contributed by atoms with Gasteiger partial charge >= 0.3 is 6.36 Å². The maximum absolute atomic E-state index is 12.1. The monoisotopic (exact) mass is 296 g/mol. The predicted octanol–water partition coefficient (Wildman–Crippen LogP) is 4.10. The average Bonchev–Trinajstić information content (AvgIpc) is 2.40. The Bertz CT molecular complexity index is 604. The summed E-state index contributed by atoms with van der Waals surface area (Å²) in [5.74, 6) is -0.236. The molecular weight excluding hydrogens is 281 g/mol. The molecule has 2 aromatic carbocycles. The lowest BCUT2D eigenvalue weighted by Crippen LogP contribution is -2.16. The second-order valence-electron chi connectivity index (χ2n) is 4.69. The van der Waals surface area contributed by atoms with Gasteiger partial charge in [-0.1, -0.05) is 30.3 Å². The third kappa shape index (κ3) is 4.23. The number of alkyl halides is 3. The highest BCUT2D eigenvalue weighted by molar-refractivity contribution is 5.65. The van der Waals surface area contributed by atoms with Crippen LogP contribution in [0.3, 0.4) is 0 Å². The lowest BCUT2D eigenvalue weighted by Gasteiger charge is -2.10. The summed E-state index contributed by atoms with van der Waals surface area (Å²) in [4.78, 5) is 0. The molecule has 1 N–H and O–H groups in total. The Hall–Kier alpha value is -2.01. The molecule has 0 atom stereocenters. The van der Waals surface area contributed by atoms with Crippen molar-refractivity contribution in [1.82, 2.24) is 0 Å². The topological polar surface area (TPSA) is 29.5 Å². The van der Waals surface area contributed by atoms with E-state index < -0.39 is 6.36 Å². The van der Waals surface area contributed by atoms with Gasteiger partial charge in [-0.2, -0.15) is 0 Å². The van der Waals surface area contributed by atoms with E-state index in [0.29, 0.717) is 6.42 Å². The lowest BCUT2D eigenvalue weighted by atomic mass is 9.98. The Labute approximate surface area is 120 Å². The smallest absolute Gasteiger partial charge is 0.406 e. The van der Waals surface area contributed by atoms with Crippen molar-refractivity contribution in [2.75, 3.05) is 6.61 Å². The van der Waals surface area contributed by atoms with Gasteiger partial charge in [0.2, 0.25) is 0 Å². The van der Waals surface area contributed by atoms with Gasteiger partial charge in [-0.3, -0.25) is 0 Å². The summed E-state index contributed by atoms with van der Waals surface area (Å²) in [7, 11) is 0. The summed E-state index contributed by atoms with van der Waals surface area (Å²) in [6.45, 7) is 2.03. The standard InChI is InChI=1S/C16H15F3O2/c1-11-10-14(3-2-12(11)8-9-20)13-4-6-15(7-5-13)21-16(17,18)19/h2-7,10,20H,8-9H2,1H3. The molecule has 0 saturated carbocycles. The molecule has 0 spiro atoms. The second-order valence-corrected chi connectivity index (χ2v) is 4.69. The SMILES string of the molecule is Cc1cc(-c2ccc(OC(F)(F)F)cc2)ccc1CCO. The predicted molar refractivity (Wildman–Crippen MR) is 74.1 cm³/mol. The third-order valence-corrected chi connectivity index (χ3v) is 3.14. The summed E-state index contributed by atoms with van der Waals surface area (Å²) in [6, 6.07) is 11.5. The van der Waals surface area contributed by atoms with E-state index >= 15 is 0 Å². The van der Waals surface area contributed by atoms with Crippen LogP contribution in [-0.2, 0) is 6.42 Å². The van der Waals surface area contributed by atoms with Crippen molar-refractivity contribution in [1.29, 1.82) is 0 Å². The van der Waals surface area contributed by atoms with Crippen molar-refractivity contribution in [2.24, 2.45) is 0 Å². The quantitative estimate of drug-likeness (QED) is 0.920. The largest absolute Gasteiger partial charge is 0.573 e. The fourth-order valence-corrected chi connectivity index (χ4v) is 2.13. The van der Waals surface area contributed by atoms with Crippen LogP contribution in [-0.4, -0.2) is 18.1 Å². The van der Waals surface area contributed by atoms with Gasteiger partial charge in [0.1, 0.15) is 5.75 Å². The average molecular weight is 296 g/mol. The number of hydrogen-bond donors (Lipinski definition) is 1. The number of rotatable bonds is 4. The van der Waals surface area contributed by atoms with E-state index in [0.717, 1.165) is 22.3 Å². The van der Waals surface area contributed by atoms with E-state index in [1.807, 2.05) is 25.1 Å². The summed E-state index contributed by atoms with van der Waals surface area (Å²) in [5, 5.41) is 8.95. The molecule has 0 aliphatic heterocycles. The van der Waals surface area contributed by atoms with Crippen LogP contribution in [0.15, 0.2) is 42.5 Å². The zero-order valence-corrected chi connectivity index (χ0v) is 11.4. The number of ether oxygens (including phenoxy) is 1. The van der Waals surface area contributed by atoms with Crippen LogP contribution in [0.25, 0.3) is 11.1 Å². The van der Waals surface area contributed by atoms with Crippen molar-refractivity contribution in [3.05, 3.63) is 53.6 Å². The first-order valence-electron chi connectivity index (χ1n) is 6.45. The minimum absolute atomic E-state index is 0.0870. The number of halogens is 3. The highest BCUT2D eigenvalue weighted by atomic mass is 19.4. The molecule has 2 aromatic rings. The molecular formula is C16H15F3O2. The van der Waals surface area contributed by atoms with Crippen molar-refractivity contribution in [2.45, 2.75) is 19.7 Å². The Kier molecular flexibility index (Phi) is 4.53. The molecule has 0 bridgehead atoms. The van der Waals surface area contributed by atoms with Crippen molar-refractivity contribution in [3.8, 4) is 16.9 Å². The number of benzene rings is 2. The molecule has 2 rings (SSSR count). The Morgan fingerprint density at radius 1 is 1.00 bits per heavy atom. The molecule has 21 heavy (non-hydrogen) atoms. The molecule has 0 aliphatic rings. The maximum Gasteiger partial charge on any atom is 0.573 e. The van der Waals surface area contributed by atoms with Crippen LogP contribution < -0.4 is 4.74 Å². The first-order chi connectivity index (χ1) is 9.89. The van der Waals surface area contributed by atoms with E-state index in [-0.39, 0.29) is 12.4 Å². The Morgan fingerprint density at radius 2 is 1.62 bits per heavy atom. The number of hydrogen-bond acceptors (Lipinski definition) is 2. The molecule has 5 heteroatoms. The minimum atomic E-state index is -4.68.